The molecule has 2 aromatic rings. The van der Waals surface area contributed by atoms with Crippen LogP contribution < -0.4 is 5.32 Å². The number of amides is 1. The maximum atomic E-state index is 12.4. The van der Waals surface area contributed by atoms with Gasteiger partial charge in [0.1, 0.15) is 0 Å². The van der Waals surface area contributed by atoms with Crippen LogP contribution in [0.5, 0.6) is 0 Å². The summed E-state index contributed by atoms with van der Waals surface area (Å²) in [5.74, 6) is 1.88. The Morgan fingerprint density at radius 3 is 2.86 bits per heavy atom. The minimum Gasteiger partial charge on any atom is -0.320 e. The van der Waals surface area contributed by atoms with E-state index in [4.69, 9.17) is 0 Å². The lowest BCUT2D eigenvalue weighted by molar-refractivity contribution is 0.0693. The van der Waals surface area contributed by atoms with Crippen LogP contribution in [0.15, 0.2) is 29.4 Å². The minimum absolute atomic E-state index is 0.0528. The first-order valence-corrected chi connectivity index (χ1v) is 12.1. The van der Waals surface area contributed by atoms with Gasteiger partial charge < -0.3 is 10.2 Å². The number of hydrogen-bond acceptors (Lipinski definition) is 5. The van der Waals surface area contributed by atoms with Gasteiger partial charge in [0.2, 0.25) is 0 Å². The van der Waals surface area contributed by atoms with Crippen molar-refractivity contribution in [1.29, 1.82) is 0 Å². The first-order valence-electron chi connectivity index (χ1n) is 10.3. The van der Waals surface area contributed by atoms with Gasteiger partial charge in [0.05, 0.1) is 21.8 Å². The van der Waals surface area contributed by atoms with Gasteiger partial charge in [-0.15, -0.1) is 23.1 Å². The molecule has 2 aliphatic heterocycles. The van der Waals surface area contributed by atoms with Crippen LogP contribution in [0.2, 0.25) is 0 Å². The number of carbonyl (C=O) groups is 1. The normalized spacial score (nSPS) is 22.6. The van der Waals surface area contributed by atoms with Crippen molar-refractivity contribution in [1.82, 2.24) is 9.88 Å². The Morgan fingerprint density at radius 1 is 1.25 bits per heavy atom. The second kappa shape index (κ2) is 8.97. The number of pyridine rings is 1. The molecular formula is C22H29N3OS2. The van der Waals surface area contributed by atoms with E-state index in [0.717, 1.165) is 33.3 Å². The zero-order chi connectivity index (χ0) is 19.5. The van der Waals surface area contributed by atoms with E-state index in [1.807, 2.05) is 43.8 Å². The summed E-state index contributed by atoms with van der Waals surface area (Å²) in [7, 11) is 0. The van der Waals surface area contributed by atoms with Crippen molar-refractivity contribution in [2.45, 2.75) is 57.0 Å². The van der Waals surface area contributed by atoms with Crippen LogP contribution in [0.25, 0.3) is 0 Å². The molecule has 2 aliphatic rings. The molecule has 2 aromatic heterocycles. The molecule has 0 radical (unpaired) electrons. The van der Waals surface area contributed by atoms with Gasteiger partial charge >= 0.3 is 0 Å². The molecule has 0 saturated carbocycles. The molecule has 4 heterocycles. The second-order valence-electron chi connectivity index (χ2n) is 8.00. The smallest absolute Gasteiger partial charge is 0.265 e. The third kappa shape index (κ3) is 4.61. The molecule has 2 fully saturated rings. The highest BCUT2D eigenvalue weighted by atomic mass is 32.2. The number of nitrogens with zero attached hydrogens (tertiary/aromatic N) is 2. The maximum absolute atomic E-state index is 12.4. The van der Waals surface area contributed by atoms with E-state index in [2.05, 4.69) is 15.2 Å². The summed E-state index contributed by atoms with van der Waals surface area (Å²) in [6.45, 7) is 6.67. The average Bonchev–Trinajstić information content (AvgIpc) is 3.06. The molecular weight excluding hydrogens is 386 g/mol. The lowest BCUT2D eigenvalue weighted by Gasteiger charge is -2.44. The third-order valence-corrected chi connectivity index (χ3v) is 8.34. The fourth-order valence-corrected chi connectivity index (χ4v) is 6.38. The fraction of sp³-hybridized carbons (Fsp3) is 0.545. The summed E-state index contributed by atoms with van der Waals surface area (Å²) < 4.78 is 0. The Morgan fingerprint density at radius 2 is 2.11 bits per heavy atom. The van der Waals surface area contributed by atoms with Crippen molar-refractivity contribution in [3.63, 3.8) is 0 Å². The van der Waals surface area contributed by atoms with E-state index in [0.29, 0.717) is 0 Å². The van der Waals surface area contributed by atoms with Gasteiger partial charge in [0.25, 0.3) is 5.91 Å². The van der Waals surface area contributed by atoms with Crippen LogP contribution in [-0.2, 0) is 0 Å². The van der Waals surface area contributed by atoms with Crippen LogP contribution in [0, 0.1) is 19.8 Å². The standard InChI is InChI=1S/C22H29N3OS2/c1-15-12-20(28-16(15)2)22(26)24-18-8-9-21(23-13-18)27-14-17-6-5-11-25-10-4-3-7-19(17)25/h8-9,12-13,17,19H,3-7,10-11,14H2,1-2H3,(H,24,26). The molecule has 0 aromatic carbocycles. The monoisotopic (exact) mass is 415 g/mol. The lowest BCUT2D eigenvalue weighted by Crippen LogP contribution is -2.48. The summed E-state index contributed by atoms with van der Waals surface area (Å²) >= 11 is 3.40. The number of anilines is 1. The molecule has 1 N–H and O–H groups in total. The van der Waals surface area contributed by atoms with Crippen LogP contribution in [0.4, 0.5) is 5.69 Å². The lowest BCUT2D eigenvalue weighted by atomic mass is 9.85. The second-order valence-corrected chi connectivity index (χ2v) is 10.3. The Labute approximate surface area is 176 Å². The summed E-state index contributed by atoms with van der Waals surface area (Å²) in [4.78, 5) is 21.6. The molecule has 2 saturated heterocycles. The molecule has 6 heteroatoms. The molecule has 1 amide bonds. The topological polar surface area (TPSA) is 45.2 Å². The van der Waals surface area contributed by atoms with Gasteiger partial charge in [-0.2, -0.15) is 0 Å². The van der Waals surface area contributed by atoms with E-state index < -0.39 is 0 Å². The first-order chi connectivity index (χ1) is 13.6. The number of aromatic nitrogens is 1. The predicted molar refractivity (Wildman–Crippen MR) is 119 cm³/mol. The highest BCUT2D eigenvalue weighted by Gasteiger charge is 2.32. The highest BCUT2D eigenvalue weighted by molar-refractivity contribution is 7.99. The summed E-state index contributed by atoms with van der Waals surface area (Å²) in [5, 5.41) is 4.01. The number of aryl methyl sites for hydroxylation is 2. The fourth-order valence-electron chi connectivity index (χ4n) is 4.38. The summed E-state index contributed by atoms with van der Waals surface area (Å²) in [6, 6.07) is 6.73. The predicted octanol–water partition coefficient (Wildman–Crippen LogP) is 5.37. The number of thiophene rings is 1. The molecule has 2 atom stereocenters. The van der Waals surface area contributed by atoms with Crippen LogP contribution in [0.1, 0.15) is 52.2 Å². The van der Waals surface area contributed by atoms with E-state index in [1.54, 1.807) is 6.20 Å². The third-order valence-electron chi connectivity index (χ3n) is 6.06. The van der Waals surface area contributed by atoms with Crippen molar-refractivity contribution in [2.75, 3.05) is 24.2 Å². The first kappa shape index (κ1) is 19.9. The van der Waals surface area contributed by atoms with E-state index in [1.165, 1.54) is 67.0 Å². The number of rotatable bonds is 5. The molecule has 2 unspecified atom stereocenters. The van der Waals surface area contributed by atoms with Gasteiger partial charge in [-0.1, -0.05) is 6.42 Å². The number of fused-ring (bicyclic) bond motifs is 1. The highest BCUT2D eigenvalue weighted by Crippen LogP contribution is 2.34. The van der Waals surface area contributed by atoms with Crippen molar-refractivity contribution in [2.24, 2.45) is 5.92 Å². The quantitative estimate of drug-likeness (QED) is 0.667. The molecule has 150 valence electrons. The summed E-state index contributed by atoms with van der Waals surface area (Å²) in [6.07, 6.45) is 8.59. The van der Waals surface area contributed by atoms with E-state index in [9.17, 15) is 4.79 Å². The van der Waals surface area contributed by atoms with Crippen molar-refractivity contribution in [3.05, 3.63) is 39.7 Å². The van der Waals surface area contributed by atoms with E-state index in [-0.39, 0.29) is 5.91 Å². The number of piperidine rings is 2. The van der Waals surface area contributed by atoms with Gasteiger partial charge in [-0.05, 0) is 82.3 Å². The zero-order valence-corrected chi connectivity index (χ0v) is 18.4. The van der Waals surface area contributed by atoms with Crippen LogP contribution in [0.3, 0.4) is 0 Å². The van der Waals surface area contributed by atoms with E-state index >= 15 is 0 Å². The molecule has 4 nitrogen and oxygen atoms in total. The number of hydrogen-bond donors (Lipinski definition) is 1. The SMILES string of the molecule is Cc1cc(C(=O)Nc2ccc(SCC3CCCN4CCCCC34)nc2)sc1C. The number of thioether (sulfide) groups is 1. The molecule has 4 rings (SSSR count). The van der Waals surface area contributed by atoms with Gasteiger partial charge in [0.15, 0.2) is 0 Å². The Bertz CT molecular complexity index is 796. The Hall–Kier alpha value is -1.37. The van der Waals surface area contributed by atoms with Gasteiger partial charge in [0, 0.05) is 16.7 Å². The van der Waals surface area contributed by atoms with Crippen molar-refractivity contribution < 1.29 is 4.79 Å². The maximum Gasteiger partial charge on any atom is 0.265 e. The van der Waals surface area contributed by atoms with Crippen molar-refractivity contribution in [3.8, 4) is 0 Å². The Kier molecular flexibility index (Phi) is 6.38. The average molecular weight is 416 g/mol. The zero-order valence-electron chi connectivity index (χ0n) is 16.7. The summed E-state index contributed by atoms with van der Waals surface area (Å²) in [5.41, 5.74) is 1.92. The largest absolute Gasteiger partial charge is 0.320 e. The van der Waals surface area contributed by atoms with Crippen LogP contribution >= 0.6 is 23.1 Å². The molecule has 0 spiro atoms. The molecule has 0 aliphatic carbocycles. The van der Waals surface area contributed by atoms with Gasteiger partial charge in [-0.25, -0.2) is 4.98 Å². The molecule has 0 bridgehead atoms. The van der Waals surface area contributed by atoms with Crippen molar-refractivity contribution >= 4 is 34.7 Å². The minimum atomic E-state index is -0.0528. The molecule has 28 heavy (non-hydrogen) atoms. The van der Waals surface area contributed by atoms with Crippen LogP contribution in [-0.4, -0.2) is 40.7 Å². The Balaban J connectivity index is 1.31. The number of carbonyl (C=O) groups excluding carboxylic acids is 1. The number of nitrogens with one attached hydrogen (secondary N) is 1. The van der Waals surface area contributed by atoms with Gasteiger partial charge in [-0.3, -0.25) is 4.79 Å².